The minimum Gasteiger partial charge on any atom is -0.440 e. The number of rotatable bonds is 6. The first-order valence-electron chi connectivity index (χ1n) is 10.0. The average molecular weight is 478 g/mol. The molecule has 0 spiro atoms. The highest BCUT2D eigenvalue weighted by Gasteiger charge is 2.29. The van der Waals surface area contributed by atoms with Crippen molar-refractivity contribution in [2.45, 2.75) is 23.7 Å². The zero-order valence-corrected chi connectivity index (χ0v) is 18.6. The highest BCUT2D eigenvalue weighted by molar-refractivity contribution is 7.89. The van der Waals surface area contributed by atoms with Crippen LogP contribution >= 0.6 is 11.6 Å². The normalized spacial score (nSPS) is 15.2. The average Bonchev–Trinajstić information content (AvgIpc) is 3.21. The van der Waals surface area contributed by atoms with E-state index in [-0.39, 0.29) is 23.9 Å². The number of carbonyl (C=O) groups is 1. The zero-order valence-electron chi connectivity index (χ0n) is 17.1. The minimum absolute atomic E-state index is 0.0461. The number of benzene rings is 2. The Kier molecular flexibility index (Phi) is 6.32. The summed E-state index contributed by atoms with van der Waals surface area (Å²) in [4.78, 5) is 18.5. The predicted octanol–water partition coefficient (Wildman–Crippen LogP) is 4.10. The van der Waals surface area contributed by atoms with Crippen LogP contribution in [0, 0.1) is 5.82 Å². The Labute approximate surface area is 189 Å². The smallest absolute Gasteiger partial charge is 0.253 e. The maximum atomic E-state index is 14.2. The zero-order chi connectivity index (χ0) is 22.9. The van der Waals surface area contributed by atoms with Gasteiger partial charge in [-0.15, -0.1) is 6.58 Å². The molecule has 0 radical (unpaired) electrons. The van der Waals surface area contributed by atoms with Gasteiger partial charge in [-0.2, -0.15) is 0 Å². The summed E-state index contributed by atoms with van der Waals surface area (Å²) in [5.41, 5.74) is 1.46. The van der Waals surface area contributed by atoms with Gasteiger partial charge in [0.05, 0.1) is 0 Å². The molecule has 0 saturated carbocycles. The lowest BCUT2D eigenvalue weighted by atomic mass is 9.96. The van der Waals surface area contributed by atoms with Crippen molar-refractivity contribution in [1.29, 1.82) is 0 Å². The maximum Gasteiger partial charge on any atom is 0.253 e. The number of oxazole rings is 1. The number of fused-ring (bicyclic) bond motifs is 1. The Morgan fingerprint density at radius 3 is 2.75 bits per heavy atom. The minimum atomic E-state index is -4.10. The Hall–Kier alpha value is -2.75. The molecule has 7 nitrogen and oxygen atoms in total. The topological polar surface area (TPSA) is 92.5 Å². The highest BCUT2D eigenvalue weighted by Crippen LogP contribution is 2.31. The second-order valence-electron chi connectivity index (χ2n) is 7.52. The van der Waals surface area contributed by atoms with Crippen molar-refractivity contribution < 1.29 is 22.0 Å². The summed E-state index contributed by atoms with van der Waals surface area (Å²) < 4.78 is 46.8. The second kappa shape index (κ2) is 9.01. The summed E-state index contributed by atoms with van der Waals surface area (Å²) in [5, 5.41) is 0.582. The van der Waals surface area contributed by atoms with Crippen LogP contribution in [-0.4, -0.2) is 43.8 Å². The molecule has 32 heavy (non-hydrogen) atoms. The van der Waals surface area contributed by atoms with Crippen LogP contribution in [0.4, 0.5) is 4.39 Å². The van der Waals surface area contributed by atoms with Crippen LogP contribution in [0.5, 0.6) is 0 Å². The van der Waals surface area contributed by atoms with E-state index < -0.39 is 20.7 Å². The van der Waals surface area contributed by atoms with Gasteiger partial charge in [0.25, 0.3) is 5.91 Å². The number of amides is 1. The lowest BCUT2D eigenvalue weighted by molar-refractivity contribution is 0.0706. The summed E-state index contributed by atoms with van der Waals surface area (Å²) in [7, 11) is -4.10. The molecule has 4 rings (SSSR count). The molecule has 2 aromatic carbocycles. The van der Waals surface area contributed by atoms with E-state index in [1.165, 1.54) is 12.1 Å². The first kappa shape index (κ1) is 22.4. The maximum absolute atomic E-state index is 14.2. The molecule has 0 bridgehead atoms. The molecule has 1 saturated heterocycles. The number of hydrogen-bond acceptors (Lipinski definition) is 5. The molecular weight excluding hydrogens is 457 g/mol. The molecule has 1 aromatic heterocycles. The largest absolute Gasteiger partial charge is 0.440 e. The van der Waals surface area contributed by atoms with Crippen LogP contribution in [0.25, 0.3) is 11.1 Å². The first-order chi connectivity index (χ1) is 15.3. The van der Waals surface area contributed by atoms with Gasteiger partial charge in [0, 0.05) is 36.1 Å². The highest BCUT2D eigenvalue weighted by atomic mass is 35.5. The number of nitrogens with zero attached hydrogens (tertiary/aromatic N) is 2. The molecule has 3 aromatic rings. The quantitative estimate of drug-likeness (QED) is 0.539. The van der Waals surface area contributed by atoms with Crippen molar-refractivity contribution in [1.82, 2.24) is 14.6 Å². The number of piperidine rings is 1. The summed E-state index contributed by atoms with van der Waals surface area (Å²) in [6, 6.07) is 8.61. The van der Waals surface area contributed by atoms with Crippen molar-refractivity contribution in [2.75, 3.05) is 19.6 Å². The molecule has 0 unspecified atom stereocenters. The van der Waals surface area contributed by atoms with Gasteiger partial charge in [0.15, 0.2) is 11.5 Å². The van der Waals surface area contributed by atoms with E-state index in [0.717, 1.165) is 12.1 Å². The van der Waals surface area contributed by atoms with Gasteiger partial charge in [0.2, 0.25) is 10.0 Å². The van der Waals surface area contributed by atoms with Crippen molar-refractivity contribution in [3.63, 3.8) is 0 Å². The van der Waals surface area contributed by atoms with Crippen molar-refractivity contribution in [2.24, 2.45) is 0 Å². The van der Waals surface area contributed by atoms with Gasteiger partial charge < -0.3 is 9.32 Å². The molecular formula is C22H21ClFN3O4S. The van der Waals surface area contributed by atoms with Crippen molar-refractivity contribution in [3.05, 3.63) is 71.3 Å². The summed E-state index contributed by atoms with van der Waals surface area (Å²) in [5.74, 6) is -0.615. The van der Waals surface area contributed by atoms with Gasteiger partial charge in [0.1, 0.15) is 16.2 Å². The molecule has 1 amide bonds. The number of likely N-dealkylation sites (tertiary alicyclic amines) is 1. The molecule has 2 heterocycles. The number of halogens is 2. The second-order valence-corrected chi connectivity index (χ2v) is 9.69. The Morgan fingerprint density at radius 2 is 2.03 bits per heavy atom. The SMILES string of the molecule is C=CCNS(=O)(=O)c1cc(C(=O)N2CCC(c3nc4cc(Cl)ccc4o3)CC2)ccc1F. The van der Waals surface area contributed by atoms with E-state index in [9.17, 15) is 17.6 Å². The van der Waals surface area contributed by atoms with Gasteiger partial charge in [-0.25, -0.2) is 22.5 Å². The number of sulfonamides is 1. The van der Waals surface area contributed by atoms with E-state index in [0.29, 0.717) is 47.9 Å². The molecule has 1 aliphatic heterocycles. The number of nitrogens with one attached hydrogen (secondary N) is 1. The van der Waals surface area contributed by atoms with E-state index >= 15 is 0 Å². The van der Waals surface area contributed by atoms with Crippen molar-refractivity contribution >= 4 is 38.6 Å². The fourth-order valence-electron chi connectivity index (χ4n) is 3.69. The number of aromatic nitrogens is 1. The fraction of sp³-hybridized carbons (Fsp3) is 0.273. The first-order valence-corrected chi connectivity index (χ1v) is 11.9. The van der Waals surface area contributed by atoms with Crippen LogP contribution < -0.4 is 4.72 Å². The molecule has 1 fully saturated rings. The van der Waals surface area contributed by atoms with Crippen LogP contribution in [0.15, 0.2) is 58.4 Å². The van der Waals surface area contributed by atoms with Crippen LogP contribution in [-0.2, 0) is 10.0 Å². The van der Waals surface area contributed by atoms with E-state index in [1.807, 2.05) is 0 Å². The lowest BCUT2D eigenvalue weighted by Crippen LogP contribution is -2.38. The molecule has 168 valence electrons. The van der Waals surface area contributed by atoms with Gasteiger partial charge in [-0.05, 0) is 49.2 Å². The Morgan fingerprint density at radius 1 is 1.28 bits per heavy atom. The van der Waals surface area contributed by atoms with E-state index in [1.54, 1.807) is 23.1 Å². The lowest BCUT2D eigenvalue weighted by Gasteiger charge is -2.30. The number of hydrogen-bond donors (Lipinski definition) is 1. The predicted molar refractivity (Wildman–Crippen MR) is 119 cm³/mol. The van der Waals surface area contributed by atoms with Gasteiger partial charge >= 0.3 is 0 Å². The van der Waals surface area contributed by atoms with E-state index in [2.05, 4.69) is 16.3 Å². The number of carbonyl (C=O) groups excluding carboxylic acids is 1. The molecule has 1 aliphatic rings. The standard InChI is InChI=1S/C22H21ClFN3O4S/c1-2-9-25-32(29,30)20-12-15(3-5-17(20)24)22(28)27-10-7-14(8-11-27)21-26-18-13-16(23)4-6-19(18)31-21/h2-6,12-14,25H,1,7-11H2. The molecule has 0 aliphatic carbocycles. The van der Waals surface area contributed by atoms with Crippen molar-refractivity contribution in [3.8, 4) is 0 Å². The van der Waals surface area contributed by atoms with Crippen LogP contribution in [0.2, 0.25) is 5.02 Å². The summed E-state index contributed by atoms with van der Waals surface area (Å²) >= 11 is 6.00. The van der Waals surface area contributed by atoms with Gasteiger partial charge in [-0.1, -0.05) is 17.7 Å². The molecule has 0 atom stereocenters. The molecule has 10 heteroatoms. The summed E-state index contributed by atoms with van der Waals surface area (Å²) in [6.07, 6.45) is 2.62. The van der Waals surface area contributed by atoms with Crippen LogP contribution in [0.3, 0.4) is 0 Å². The van der Waals surface area contributed by atoms with Crippen LogP contribution in [0.1, 0.15) is 35.0 Å². The Bertz CT molecular complexity index is 1280. The molecule has 1 N–H and O–H groups in total. The van der Waals surface area contributed by atoms with E-state index in [4.69, 9.17) is 16.0 Å². The third-order valence-corrected chi connectivity index (χ3v) is 7.06. The fourth-order valence-corrected chi connectivity index (χ4v) is 4.96. The Balaban J connectivity index is 1.47. The third kappa shape index (κ3) is 4.55. The third-order valence-electron chi connectivity index (χ3n) is 5.38. The van der Waals surface area contributed by atoms with Gasteiger partial charge in [-0.3, -0.25) is 4.79 Å². The summed E-state index contributed by atoms with van der Waals surface area (Å²) in [6.45, 7) is 4.27. The monoisotopic (exact) mass is 477 g/mol.